The average Bonchev–Trinajstić information content (AvgIpc) is 2.92. The van der Waals surface area contributed by atoms with Crippen LogP contribution in [0.3, 0.4) is 0 Å². The molecule has 0 unspecified atom stereocenters. The Labute approximate surface area is 223 Å². The van der Waals surface area contributed by atoms with E-state index in [1.165, 1.54) is 18.3 Å². The van der Waals surface area contributed by atoms with E-state index in [-0.39, 0.29) is 5.88 Å². The quantitative estimate of drug-likeness (QED) is 0.247. The number of nitrogens with zero attached hydrogens (tertiary/aromatic N) is 3. The molecule has 6 nitrogen and oxygen atoms in total. The molecule has 0 atom stereocenters. The first kappa shape index (κ1) is 26.2. The Bertz CT molecular complexity index is 1580. The van der Waals surface area contributed by atoms with Crippen LogP contribution in [0, 0.1) is 0 Å². The zero-order valence-electron chi connectivity index (χ0n) is 21.2. The Morgan fingerprint density at radius 3 is 2.18 bits per heavy atom. The maximum Gasteiger partial charge on any atom is 0.416 e. The normalized spacial score (nSPS) is 15.1. The van der Waals surface area contributed by atoms with Gasteiger partial charge in [0.05, 0.1) is 16.8 Å². The zero-order chi connectivity index (χ0) is 27.6. The van der Waals surface area contributed by atoms with Gasteiger partial charge in [-0.1, -0.05) is 30.4 Å². The van der Waals surface area contributed by atoms with Gasteiger partial charge in [0.25, 0.3) is 5.56 Å². The van der Waals surface area contributed by atoms with Gasteiger partial charge in [0.2, 0.25) is 5.88 Å². The van der Waals surface area contributed by atoms with E-state index in [0.717, 1.165) is 44.0 Å². The van der Waals surface area contributed by atoms with Crippen molar-refractivity contribution in [1.29, 1.82) is 0 Å². The highest BCUT2D eigenvalue weighted by Crippen LogP contribution is 2.30. The van der Waals surface area contributed by atoms with Crippen molar-refractivity contribution in [2.45, 2.75) is 6.18 Å². The van der Waals surface area contributed by atoms with Gasteiger partial charge in [0.1, 0.15) is 0 Å². The molecule has 0 saturated carbocycles. The second-order valence-electron chi connectivity index (χ2n) is 9.54. The summed E-state index contributed by atoms with van der Waals surface area (Å²) in [5, 5.41) is 11.4. The van der Waals surface area contributed by atoms with E-state index >= 15 is 0 Å². The van der Waals surface area contributed by atoms with Gasteiger partial charge in [-0.25, -0.2) is 0 Å². The SMILES string of the molecule is CN1CCN(c2ccc(N=Cc3c(O)[nH]c(=O)c4ccc(/C=C/c5ccc(C(F)(F)F)cc5)cc34)cc2)CC1. The number of benzene rings is 3. The average molecular weight is 533 g/mol. The van der Waals surface area contributed by atoms with Crippen molar-refractivity contribution in [3.8, 4) is 5.88 Å². The molecule has 1 aliphatic rings. The molecule has 1 fully saturated rings. The van der Waals surface area contributed by atoms with Crippen LogP contribution in [-0.2, 0) is 6.18 Å². The highest BCUT2D eigenvalue weighted by molar-refractivity contribution is 6.02. The summed E-state index contributed by atoms with van der Waals surface area (Å²) < 4.78 is 38.5. The highest BCUT2D eigenvalue weighted by atomic mass is 19.4. The van der Waals surface area contributed by atoms with Crippen LogP contribution in [0.25, 0.3) is 22.9 Å². The monoisotopic (exact) mass is 532 g/mol. The molecular formula is C30H27F3N4O2. The number of piperazine rings is 1. The van der Waals surface area contributed by atoms with Crippen molar-refractivity contribution in [2.75, 3.05) is 38.1 Å². The van der Waals surface area contributed by atoms with Crippen molar-refractivity contribution in [3.05, 3.63) is 99.3 Å². The molecule has 1 saturated heterocycles. The number of H-pyrrole nitrogens is 1. The third-order valence-electron chi connectivity index (χ3n) is 6.83. The van der Waals surface area contributed by atoms with E-state index in [1.54, 1.807) is 30.4 Å². The Hall–Kier alpha value is -4.37. The van der Waals surface area contributed by atoms with Gasteiger partial charge in [-0.15, -0.1) is 0 Å². The predicted octanol–water partition coefficient (Wildman–Crippen LogP) is 5.93. The Kier molecular flexibility index (Phi) is 7.26. The number of pyridine rings is 1. The van der Waals surface area contributed by atoms with Crippen LogP contribution in [-0.4, -0.2) is 54.4 Å². The maximum absolute atomic E-state index is 12.8. The number of fused-ring (bicyclic) bond motifs is 1. The number of alkyl halides is 3. The van der Waals surface area contributed by atoms with Gasteiger partial charge in [-0.05, 0) is 66.7 Å². The Morgan fingerprint density at radius 1 is 0.872 bits per heavy atom. The van der Waals surface area contributed by atoms with Crippen LogP contribution in [0.1, 0.15) is 22.3 Å². The van der Waals surface area contributed by atoms with E-state index in [9.17, 15) is 23.1 Å². The number of aromatic amines is 1. The molecular weight excluding hydrogens is 505 g/mol. The summed E-state index contributed by atoms with van der Waals surface area (Å²) >= 11 is 0. The minimum atomic E-state index is -4.39. The van der Waals surface area contributed by atoms with Gasteiger partial charge >= 0.3 is 6.18 Å². The molecule has 39 heavy (non-hydrogen) atoms. The summed E-state index contributed by atoms with van der Waals surface area (Å²) in [5.41, 5.74) is 2.34. The summed E-state index contributed by atoms with van der Waals surface area (Å²) in [6, 6.07) is 17.8. The molecule has 200 valence electrons. The summed E-state index contributed by atoms with van der Waals surface area (Å²) in [7, 11) is 2.11. The molecule has 0 radical (unpaired) electrons. The van der Waals surface area contributed by atoms with Crippen LogP contribution < -0.4 is 10.5 Å². The summed E-state index contributed by atoms with van der Waals surface area (Å²) in [4.78, 5) is 24.1. The van der Waals surface area contributed by atoms with Crippen molar-refractivity contribution in [3.63, 3.8) is 0 Å². The smallest absolute Gasteiger partial charge is 0.416 e. The molecule has 0 aliphatic carbocycles. The van der Waals surface area contributed by atoms with Crippen LogP contribution in [0.15, 0.2) is 76.5 Å². The molecule has 3 aromatic carbocycles. The standard InChI is InChI=1S/C30H27F3N4O2/c1-36-14-16-37(17-15-36)24-11-9-23(10-12-24)34-19-27-26-18-21(6-13-25(26)28(38)35-29(27)39)3-2-20-4-7-22(8-5-20)30(31,32)33/h2-13,18-19H,14-17H2,1H3,(H2,35,38,39)/b3-2+,34-19?. The molecule has 0 spiro atoms. The van der Waals surface area contributed by atoms with Gasteiger partial charge in [-0.2, -0.15) is 13.2 Å². The maximum atomic E-state index is 12.8. The number of aliphatic imine (C=N–C) groups is 1. The number of halogens is 3. The lowest BCUT2D eigenvalue weighted by Gasteiger charge is -2.34. The molecule has 0 amide bonds. The number of hydrogen-bond acceptors (Lipinski definition) is 5. The lowest BCUT2D eigenvalue weighted by Crippen LogP contribution is -2.44. The first-order valence-electron chi connectivity index (χ1n) is 12.5. The van der Waals surface area contributed by atoms with Gasteiger partial charge in [0.15, 0.2) is 0 Å². The molecule has 1 aromatic heterocycles. The van der Waals surface area contributed by atoms with Crippen molar-refractivity contribution in [2.24, 2.45) is 4.99 Å². The third-order valence-corrected chi connectivity index (χ3v) is 6.83. The second-order valence-corrected chi connectivity index (χ2v) is 9.54. The van der Waals surface area contributed by atoms with Gasteiger partial charge in [-0.3, -0.25) is 14.8 Å². The fourth-order valence-corrected chi connectivity index (χ4v) is 4.52. The number of anilines is 1. The van der Waals surface area contributed by atoms with Gasteiger partial charge < -0.3 is 14.9 Å². The minimum absolute atomic E-state index is 0.297. The molecule has 2 heterocycles. The fraction of sp³-hybridized carbons (Fsp3) is 0.200. The first-order valence-corrected chi connectivity index (χ1v) is 12.5. The van der Waals surface area contributed by atoms with Crippen LogP contribution in [0.2, 0.25) is 0 Å². The van der Waals surface area contributed by atoms with Crippen molar-refractivity contribution >= 4 is 40.5 Å². The summed E-state index contributed by atoms with van der Waals surface area (Å²) in [6.07, 6.45) is 0.546. The molecule has 0 bridgehead atoms. The second kappa shape index (κ2) is 10.8. The third kappa shape index (κ3) is 6.04. The van der Waals surface area contributed by atoms with Crippen LogP contribution in [0.4, 0.5) is 24.5 Å². The zero-order valence-corrected chi connectivity index (χ0v) is 21.2. The van der Waals surface area contributed by atoms with Gasteiger partial charge in [0, 0.05) is 48.9 Å². The molecule has 2 N–H and O–H groups in total. The lowest BCUT2D eigenvalue weighted by atomic mass is 10.0. The van der Waals surface area contributed by atoms with E-state index < -0.39 is 17.3 Å². The van der Waals surface area contributed by atoms with Crippen molar-refractivity contribution < 1.29 is 18.3 Å². The number of likely N-dealkylation sites (N-methyl/N-ethyl adjacent to an activating group) is 1. The number of aromatic nitrogens is 1. The Morgan fingerprint density at radius 2 is 1.51 bits per heavy atom. The van der Waals surface area contributed by atoms with Crippen LogP contribution >= 0.6 is 0 Å². The topological polar surface area (TPSA) is 71.9 Å². The van der Waals surface area contributed by atoms with Crippen LogP contribution in [0.5, 0.6) is 5.88 Å². The minimum Gasteiger partial charge on any atom is -0.494 e. The molecule has 5 rings (SSSR count). The summed E-state index contributed by atoms with van der Waals surface area (Å²) in [6.45, 7) is 3.96. The first-order chi connectivity index (χ1) is 18.7. The Balaban J connectivity index is 1.40. The van der Waals surface area contributed by atoms with E-state index in [2.05, 4.69) is 26.8 Å². The van der Waals surface area contributed by atoms with E-state index in [0.29, 0.717) is 33.2 Å². The predicted molar refractivity (Wildman–Crippen MR) is 150 cm³/mol. The number of rotatable bonds is 5. The van der Waals surface area contributed by atoms with Crippen molar-refractivity contribution in [1.82, 2.24) is 9.88 Å². The number of nitrogens with one attached hydrogen (secondary N) is 1. The van der Waals surface area contributed by atoms with E-state index in [1.807, 2.05) is 24.3 Å². The number of aromatic hydroxyl groups is 1. The highest BCUT2D eigenvalue weighted by Gasteiger charge is 2.29. The lowest BCUT2D eigenvalue weighted by molar-refractivity contribution is -0.137. The molecule has 4 aromatic rings. The molecule has 1 aliphatic heterocycles. The largest absolute Gasteiger partial charge is 0.494 e. The van der Waals surface area contributed by atoms with E-state index in [4.69, 9.17) is 0 Å². The number of hydrogen-bond donors (Lipinski definition) is 2. The molecule has 9 heteroatoms. The fourth-order valence-electron chi connectivity index (χ4n) is 4.52. The summed E-state index contributed by atoms with van der Waals surface area (Å²) in [5.74, 6) is -0.297.